The van der Waals surface area contributed by atoms with Gasteiger partial charge in [-0.1, -0.05) is 17.7 Å². The van der Waals surface area contributed by atoms with Gasteiger partial charge in [-0.25, -0.2) is 0 Å². The molecule has 0 N–H and O–H groups in total. The van der Waals surface area contributed by atoms with E-state index in [0.29, 0.717) is 43.1 Å². The van der Waals surface area contributed by atoms with Gasteiger partial charge in [0.1, 0.15) is 18.1 Å². The molecule has 2 aliphatic rings. The molecule has 0 radical (unpaired) electrons. The number of piperidine rings is 1. The molecule has 0 unspecified atom stereocenters. The van der Waals surface area contributed by atoms with Crippen LogP contribution in [0.4, 0.5) is 0 Å². The van der Waals surface area contributed by atoms with Gasteiger partial charge in [0.25, 0.3) is 0 Å². The summed E-state index contributed by atoms with van der Waals surface area (Å²) in [5, 5.41) is 0.645. The summed E-state index contributed by atoms with van der Waals surface area (Å²) < 4.78 is 10.9. The minimum absolute atomic E-state index is 0.0480. The molecule has 1 fully saturated rings. The van der Waals surface area contributed by atoms with Crippen molar-refractivity contribution in [1.82, 2.24) is 4.90 Å². The summed E-state index contributed by atoms with van der Waals surface area (Å²) in [7, 11) is 1.60. The molecule has 31 heavy (non-hydrogen) atoms. The monoisotopic (exact) mass is 437 g/mol. The van der Waals surface area contributed by atoms with Crippen LogP contribution in [0.3, 0.4) is 0 Å². The largest absolute Gasteiger partial charge is 0.497 e. The number of fused-ring (bicyclic) bond motifs is 1. The number of carbonyl (C=O) groups excluding carboxylic acids is 2. The number of benzene rings is 2. The van der Waals surface area contributed by atoms with Crippen molar-refractivity contribution < 1.29 is 19.1 Å². The molecule has 0 bridgehead atoms. The van der Waals surface area contributed by atoms with Crippen LogP contribution >= 0.6 is 11.6 Å². The third-order valence-electron chi connectivity index (χ3n) is 5.70. The predicted octanol–water partition coefficient (Wildman–Crippen LogP) is 4.80. The Balaban J connectivity index is 1.32. The number of hydrogen-bond donors (Lipinski definition) is 0. The number of ketones is 1. The van der Waals surface area contributed by atoms with Gasteiger partial charge in [-0.05, 0) is 67.0 Å². The van der Waals surface area contributed by atoms with Crippen LogP contribution in [0.25, 0.3) is 6.08 Å². The molecule has 0 aliphatic carbocycles. The summed E-state index contributed by atoms with van der Waals surface area (Å²) in [6.07, 6.45) is 6.69. The number of rotatable bonds is 5. The van der Waals surface area contributed by atoms with E-state index >= 15 is 0 Å². The first-order valence-corrected chi connectivity index (χ1v) is 10.7. The highest BCUT2D eigenvalue weighted by atomic mass is 35.5. The van der Waals surface area contributed by atoms with Crippen LogP contribution in [0, 0.1) is 5.92 Å². The maximum atomic E-state index is 12.7. The number of Topliss-reactive ketones (excluding diaryl/α,β-unsaturated/α-hetero) is 1. The first kappa shape index (κ1) is 21.2. The van der Waals surface area contributed by atoms with Crippen molar-refractivity contribution in [3.8, 4) is 11.5 Å². The summed E-state index contributed by atoms with van der Waals surface area (Å²) >= 11 is 6.05. The highest BCUT2D eigenvalue weighted by Gasteiger charge is 2.27. The molecule has 2 aliphatic heterocycles. The van der Waals surface area contributed by atoms with Crippen LogP contribution in [-0.2, 0) is 4.79 Å². The second-order valence-corrected chi connectivity index (χ2v) is 8.15. The zero-order valence-corrected chi connectivity index (χ0v) is 18.1. The van der Waals surface area contributed by atoms with E-state index in [1.165, 1.54) is 0 Å². The zero-order valence-electron chi connectivity index (χ0n) is 17.3. The molecule has 2 aromatic rings. The summed E-state index contributed by atoms with van der Waals surface area (Å²) in [6.45, 7) is 1.56. The Morgan fingerprint density at radius 2 is 1.87 bits per heavy atom. The molecular weight excluding hydrogens is 414 g/mol. The van der Waals surface area contributed by atoms with Gasteiger partial charge in [0.15, 0.2) is 5.78 Å². The molecule has 0 aromatic heterocycles. The molecule has 6 heteroatoms. The van der Waals surface area contributed by atoms with Gasteiger partial charge < -0.3 is 14.4 Å². The maximum Gasteiger partial charge on any atom is 0.246 e. The first-order valence-electron chi connectivity index (χ1n) is 10.3. The van der Waals surface area contributed by atoms with Crippen molar-refractivity contribution >= 4 is 29.4 Å². The molecule has 2 heterocycles. The average molecular weight is 438 g/mol. The van der Waals surface area contributed by atoms with E-state index in [9.17, 15) is 9.59 Å². The van der Waals surface area contributed by atoms with Crippen molar-refractivity contribution in [2.45, 2.75) is 12.8 Å². The highest BCUT2D eigenvalue weighted by molar-refractivity contribution is 6.30. The number of amides is 1. The smallest absolute Gasteiger partial charge is 0.246 e. The zero-order chi connectivity index (χ0) is 21.8. The van der Waals surface area contributed by atoms with E-state index in [4.69, 9.17) is 21.1 Å². The Bertz CT molecular complexity index is 1030. The van der Waals surface area contributed by atoms with Crippen molar-refractivity contribution in [3.05, 3.63) is 76.3 Å². The van der Waals surface area contributed by atoms with Gasteiger partial charge in [-0.2, -0.15) is 0 Å². The van der Waals surface area contributed by atoms with Crippen LogP contribution < -0.4 is 9.47 Å². The predicted molar refractivity (Wildman–Crippen MR) is 121 cm³/mol. The fourth-order valence-corrected chi connectivity index (χ4v) is 4.08. The molecule has 1 amide bonds. The molecule has 160 valence electrons. The van der Waals surface area contributed by atoms with Crippen molar-refractivity contribution in [1.29, 1.82) is 0 Å². The van der Waals surface area contributed by atoms with E-state index < -0.39 is 0 Å². The van der Waals surface area contributed by atoms with Crippen LogP contribution in [0.5, 0.6) is 11.5 Å². The molecule has 0 atom stereocenters. The van der Waals surface area contributed by atoms with Crippen LogP contribution in [-0.4, -0.2) is 43.4 Å². The number of methoxy groups -OCH3 is 1. The van der Waals surface area contributed by atoms with Crippen molar-refractivity contribution in [3.63, 3.8) is 0 Å². The lowest BCUT2D eigenvalue weighted by Crippen LogP contribution is -2.39. The summed E-state index contributed by atoms with van der Waals surface area (Å²) in [4.78, 5) is 27.1. The fraction of sp³-hybridized carbons (Fsp3) is 0.280. The van der Waals surface area contributed by atoms with Gasteiger partial charge in [-0.3, -0.25) is 9.59 Å². The van der Waals surface area contributed by atoms with Gasteiger partial charge in [0.2, 0.25) is 5.91 Å². The lowest BCUT2D eigenvalue weighted by molar-refractivity contribution is -0.127. The number of ether oxygens (including phenoxy) is 2. The van der Waals surface area contributed by atoms with Gasteiger partial charge in [0.05, 0.1) is 7.11 Å². The van der Waals surface area contributed by atoms with Gasteiger partial charge >= 0.3 is 0 Å². The lowest BCUT2D eigenvalue weighted by atomic mass is 9.89. The molecule has 5 nitrogen and oxygen atoms in total. The van der Waals surface area contributed by atoms with E-state index in [2.05, 4.69) is 0 Å². The summed E-state index contributed by atoms with van der Waals surface area (Å²) in [5.74, 6) is 1.54. The third kappa shape index (κ3) is 5.00. The second kappa shape index (κ2) is 9.40. The van der Waals surface area contributed by atoms with Crippen LogP contribution in [0.2, 0.25) is 5.02 Å². The van der Waals surface area contributed by atoms with Gasteiger partial charge in [-0.15, -0.1) is 0 Å². The molecular formula is C25H24ClNO4. The van der Waals surface area contributed by atoms with Crippen molar-refractivity contribution in [2.24, 2.45) is 5.92 Å². The molecule has 4 rings (SSSR count). The van der Waals surface area contributed by atoms with E-state index in [-0.39, 0.29) is 17.6 Å². The molecule has 2 aromatic carbocycles. The summed E-state index contributed by atoms with van der Waals surface area (Å²) in [6, 6.07) is 12.7. The quantitative estimate of drug-likeness (QED) is 0.498. The molecule has 0 saturated carbocycles. The Morgan fingerprint density at radius 3 is 2.58 bits per heavy atom. The fourth-order valence-electron chi connectivity index (χ4n) is 3.90. The van der Waals surface area contributed by atoms with E-state index in [0.717, 1.165) is 22.6 Å². The molecule has 1 saturated heterocycles. The van der Waals surface area contributed by atoms with Crippen molar-refractivity contribution in [2.75, 3.05) is 26.8 Å². The second-order valence-electron chi connectivity index (χ2n) is 7.72. The SMILES string of the molecule is COc1ccc(C(=O)C2CCN(C(=O)/C=C\C3=Cc4cc(Cl)ccc4OC3)CC2)cc1. The first-order chi connectivity index (χ1) is 15.0. The number of likely N-dealkylation sites (tertiary alicyclic amines) is 1. The van der Waals surface area contributed by atoms with Gasteiger partial charge in [0, 0.05) is 41.2 Å². The minimum atomic E-state index is -0.0582. The normalized spacial score (nSPS) is 16.5. The number of halogens is 1. The minimum Gasteiger partial charge on any atom is -0.497 e. The Morgan fingerprint density at radius 1 is 1.13 bits per heavy atom. The number of nitrogens with zero attached hydrogens (tertiary/aromatic N) is 1. The average Bonchev–Trinajstić information content (AvgIpc) is 2.82. The Kier molecular flexibility index (Phi) is 6.42. The molecule has 0 spiro atoms. The third-order valence-corrected chi connectivity index (χ3v) is 5.93. The maximum absolute atomic E-state index is 12.7. The Labute approximate surface area is 186 Å². The van der Waals surface area contributed by atoms with E-state index in [1.807, 2.05) is 18.2 Å². The van der Waals surface area contributed by atoms with E-state index in [1.54, 1.807) is 54.5 Å². The standard InChI is InChI=1S/C25H24ClNO4/c1-30-22-6-3-18(4-7-22)25(29)19-10-12-27(13-11-19)24(28)9-2-17-14-20-15-21(26)5-8-23(20)31-16-17/h2-9,14-15,19H,10-13,16H2,1H3/b9-2-. The van der Waals surface area contributed by atoms with Crippen LogP contribution in [0.15, 0.2) is 60.2 Å². The highest BCUT2D eigenvalue weighted by Crippen LogP contribution is 2.29. The summed E-state index contributed by atoms with van der Waals surface area (Å²) in [5.41, 5.74) is 2.51. The lowest BCUT2D eigenvalue weighted by Gasteiger charge is -2.30. The Hall–Kier alpha value is -3.05. The number of carbonyl (C=O) groups is 2. The number of hydrogen-bond acceptors (Lipinski definition) is 4. The van der Waals surface area contributed by atoms with Crippen LogP contribution in [0.1, 0.15) is 28.8 Å². The topological polar surface area (TPSA) is 55.8 Å².